The van der Waals surface area contributed by atoms with E-state index in [0.717, 1.165) is 42.9 Å². The van der Waals surface area contributed by atoms with Crippen LogP contribution in [0.1, 0.15) is 52.1 Å². The number of benzene rings is 1. The molecule has 7 nitrogen and oxygen atoms in total. The summed E-state index contributed by atoms with van der Waals surface area (Å²) >= 11 is 0. The number of aliphatic hydroxyl groups is 1. The van der Waals surface area contributed by atoms with Gasteiger partial charge in [0.05, 0.1) is 19.0 Å². The molecule has 2 N–H and O–H groups in total. The minimum atomic E-state index is -0.0792. The highest BCUT2D eigenvalue weighted by atomic mass is 16.3. The van der Waals surface area contributed by atoms with Crippen LogP contribution in [-0.4, -0.2) is 43.8 Å². The van der Waals surface area contributed by atoms with Crippen molar-refractivity contribution in [1.29, 1.82) is 0 Å². The van der Waals surface area contributed by atoms with Crippen molar-refractivity contribution >= 4 is 22.9 Å². The van der Waals surface area contributed by atoms with Crippen LogP contribution >= 0.6 is 0 Å². The van der Waals surface area contributed by atoms with Crippen LogP contribution in [0.4, 0.5) is 11.8 Å². The zero-order valence-corrected chi connectivity index (χ0v) is 17.8. The van der Waals surface area contributed by atoms with Crippen LogP contribution in [-0.2, 0) is 6.54 Å². The van der Waals surface area contributed by atoms with Gasteiger partial charge in [-0.2, -0.15) is 9.97 Å². The molecule has 156 valence electrons. The monoisotopic (exact) mass is 396 g/mol. The van der Waals surface area contributed by atoms with Crippen LogP contribution < -0.4 is 10.2 Å². The van der Waals surface area contributed by atoms with E-state index in [-0.39, 0.29) is 18.7 Å². The molecule has 3 rings (SSSR count). The van der Waals surface area contributed by atoms with Crippen LogP contribution in [0.2, 0.25) is 0 Å². The van der Waals surface area contributed by atoms with E-state index in [2.05, 4.69) is 64.8 Å². The molecule has 0 radical (unpaired) electrons. The SMILES string of the molecule is CCCN(Cc1ccccc1)c1nc(NC(CC)CO)nc2c1ncn2C(C)C. The topological polar surface area (TPSA) is 79.1 Å². The van der Waals surface area contributed by atoms with Crippen LogP contribution in [0, 0.1) is 0 Å². The Morgan fingerprint density at radius 2 is 1.90 bits per heavy atom. The molecule has 0 aliphatic heterocycles. The molecular formula is C22H32N6O. The van der Waals surface area contributed by atoms with Crippen molar-refractivity contribution in [1.82, 2.24) is 19.5 Å². The van der Waals surface area contributed by atoms with Gasteiger partial charge in [-0.05, 0) is 32.3 Å². The third-order valence-electron chi connectivity index (χ3n) is 5.02. The summed E-state index contributed by atoms with van der Waals surface area (Å²) in [6.07, 6.45) is 3.63. The molecule has 29 heavy (non-hydrogen) atoms. The summed E-state index contributed by atoms with van der Waals surface area (Å²) in [5.74, 6) is 1.36. The second-order valence-corrected chi connectivity index (χ2v) is 7.63. The summed E-state index contributed by atoms with van der Waals surface area (Å²) in [4.78, 5) is 16.5. The molecule has 0 spiro atoms. The van der Waals surface area contributed by atoms with Gasteiger partial charge in [-0.15, -0.1) is 0 Å². The minimum absolute atomic E-state index is 0.0410. The summed E-state index contributed by atoms with van der Waals surface area (Å²) < 4.78 is 2.07. The molecule has 0 aliphatic rings. The predicted molar refractivity (Wildman–Crippen MR) is 118 cm³/mol. The number of aromatic nitrogens is 4. The Morgan fingerprint density at radius 3 is 2.52 bits per heavy atom. The lowest BCUT2D eigenvalue weighted by Crippen LogP contribution is -2.27. The van der Waals surface area contributed by atoms with Gasteiger partial charge in [-0.1, -0.05) is 44.2 Å². The number of imidazole rings is 1. The first kappa shape index (κ1) is 21.0. The Morgan fingerprint density at radius 1 is 1.14 bits per heavy atom. The third kappa shape index (κ3) is 4.85. The van der Waals surface area contributed by atoms with Gasteiger partial charge in [0.25, 0.3) is 0 Å². The van der Waals surface area contributed by atoms with E-state index in [1.165, 1.54) is 5.56 Å². The van der Waals surface area contributed by atoms with Crippen LogP contribution in [0.15, 0.2) is 36.7 Å². The number of hydrogen-bond acceptors (Lipinski definition) is 6. The van der Waals surface area contributed by atoms with Crippen molar-refractivity contribution < 1.29 is 5.11 Å². The van der Waals surface area contributed by atoms with Crippen molar-refractivity contribution in [2.24, 2.45) is 0 Å². The summed E-state index contributed by atoms with van der Waals surface area (Å²) in [6.45, 7) is 10.1. The van der Waals surface area contributed by atoms with Gasteiger partial charge in [-0.3, -0.25) is 0 Å². The minimum Gasteiger partial charge on any atom is -0.394 e. The number of rotatable bonds is 10. The van der Waals surface area contributed by atoms with E-state index in [9.17, 15) is 5.11 Å². The number of fused-ring (bicyclic) bond motifs is 1. The quantitative estimate of drug-likeness (QED) is 0.539. The second-order valence-electron chi connectivity index (χ2n) is 7.63. The zero-order valence-electron chi connectivity index (χ0n) is 17.8. The predicted octanol–water partition coefficient (Wildman–Crippen LogP) is 4.01. The highest BCUT2D eigenvalue weighted by Gasteiger charge is 2.20. The van der Waals surface area contributed by atoms with E-state index in [0.29, 0.717) is 5.95 Å². The average molecular weight is 397 g/mol. The molecule has 1 unspecified atom stereocenters. The smallest absolute Gasteiger partial charge is 0.227 e. The maximum absolute atomic E-state index is 9.61. The fourth-order valence-corrected chi connectivity index (χ4v) is 3.36. The van der Waals surface area contributed by atoms with Crippen molar-refractivity contribution in [3.8, 4) is 0 Å². The van der Waals surface area contributed by atoms with Gasteiger partial charge in [0.15, 0.2) is 17.0 Å². The molecule has 2 heterocycles. The van der Waals surface area contributed by atoms with Crippen molar-refractivity contribution in [2.75, 3.05) is 23.4 Å². The number of nitrogens with zero attached hydrogens (tertiary/aromatic N) is 5. The lowest BCUT2D eigenvalue weighted by Gasteiger charge is -2.25. The first-order chi connectivity index (χ1) is 14.1. The molecule has 2 aromatic heterocycles. The standard InChI is InChI=1S/C22H32N6O/c1-5-12-27(13-17-10-8-7-9-11-17)20-19-21(28(15-23-19)16(3)4)26-22(25-20)24-18(6-2)14-29/h7-11,15-16,18,29H,5-6,12-14H2,1-4H3,(H,24,25,26). The second kappa shape index (κ2) is 9.69. The normalized spacial score (nSPS) is 12.5. The highest BCUT2D eigenvalue weighted by molar-refractivity contribution is 5.85. The number of nitrogens with one attached hydrogen (secondary N) is 1. The molecule has 0 amide bonds. The van der Waals surface area contributed by atoms with E-state index in [4.69, 9.17) is 9.97 Å². The van der Waals surface area contributed by atoms with E-state index >= 15 is 0 Å². The molecule has 1 aromatic carbocycles. The summed E-state index contributed by atoms with van der Waals surface area (Å²) in [5, 5.41) is 12.9. The first-order valence-corrected chi connectivity index (χ1v) is 10.5. The number of hydrogen-bond donors (Lipinski definition) is 2. The van der Waals surface area contributed by atoms with Crippen LogP contribution in [0.25, 0.3) is 11.2 Å². The molecule has 3 aromatic rings. The summed E-state index contributed by atoms with van der Waals surface area (Å²) in [7, 11) is 0. The van der Waals surface area contributed by atoms with Gasteiger partial charge in [0, 0.05) is 19.1 Å². The molecular weight excluding hydrogens is 364 g/mol. The van der Waals surface area contributed by atoms with Gasteiger partial charge < -0.3 is 19.9 Å². The molecule has 7 heteroatoms. The largest absolute Gasteiger partial charge is 0.394 e. The molecule has 0 fully saturated rings. The number of aliphatic hydroxyl groups excluding tert-OH is 1. The molecule has 0 saturated carbocycles. The van der Waals surface area contributed by atoms with Gasteiger partial charge >= 0.3 is 0 Å². The molecule has 0 bridgehead atoms. The van der Waals surface area contributed by atoms with E-state index in [1.807, 2.05) is 19.3 Å². The fraction of sp³-hybridized carbons (Fsp3) is 0.500. The van der Waals surface area contributed by atoms with Gasteiger partial charge in [-0.25, -0.2) is 4.98 Å². The Hall–Kier alpha value is -2.67. The molecule has 0 saturated heterocycles. The van der Waals surface area contributed by atoms with Crippen molar-refractivity contribution in [3.63, 3.8) is 0 Å². The van der Waals surface area contributed by atoms with E-state index in [1.54, 1.807) is 0 Å². The van der Waals surface area contributed by atoms with Crippen molar-refractivity contribution in [3.05, 3.63) is 42.2 Å². The Labute approximate surface area is 172 Å². The van der Waals surface area contributed by atoms with Crippen LogP contribution in [0.3, 0.4) is 0 Å². The molecule has 1 atom stereocenters. The lowest BCUT2D eigenvalue weighted by atomic mass is 10.2. The van der Waals surface area contributed by atoms with Gasteiger partial charge in [0.2, 0.25) is 5.95 Å². The Kier molecular flexibility index (Phi) is 7.04. The summed E-state index contributed by atoms with van der Waals surface area (Å²) in [5.41, 5.74) is 2.85. The fourth-order valence-electron chi connectivity index (χ4n) is 3.36. The zero-order chi connectivity index (χ0) is 20.8. The lowest BCUT2D eigenvalue weighted by molar-refractivity contribution is 0.271. The Balaban J connectivity index is 2.09. The first-order valence-electron chi connectivity index (χ1n) is 10.5. The average Bonchev–Trinajstić information content (AvgIpc) is 3.16. The highest BCUT2D eigenvalue weighted by Crippen LogP contribution is 2.28. The van der Waals surface area contributed by atoms with E-state index < -0.39 is 0 Å². The number of anilines is 2. The third-order valence-corrected chi connectivity index (χ3v) is 5.02. The summed E-state index contributed by atoms with van der Waals surface area (Å²) in [6, 6.07) is 10.6. The maximum atomic E-state index is 9.61. The molecule has 0 aliphatic carbocycles. The van der Waals surface area contributed by atoms with Crippen molar-refractivity contribution in [2.45, 2.75) is 59.2 Å². The maximum Gasteiger partial charge on any atom is 0.227 e. The van der Waals surface area contributed by atoms with Crippen LogP contribution in [0.5, 0.6) is 0 Å². The van der Waals surface area contributed by atoms with Gasteiger partial charge in [0.1, 0.15) is 0 Å². The Bertz CT molecular complexity index is 904.